The van der Waals surface area contributed by atoms with Crippen molar-refractivity contribution in [3.05, 3.63) is 59.4 Å². The molecule has 0 aliphatic carbocycles. The van der Waals surface area contributed by atoms with E-state index < -0.39 is 12.1 Å². The summed E-state index contributed by atoms with van der Waals surface area (Å²) in [6.07, 6.45) is 0.925. The first-order chi connectivity index (χ1) is 13.5. The number of allylic oxidation sites excluding steroid dienone is 1. The molecule has 28 heavy (non-hydrogen) atoms. The lowest BCUT2D eigenvalue weighted by Gasteiger charge is -2.13. The van der Waals surface area contributed by atoms with Gasteiger partial charge in [-0.3, -0.25) is 4.79 Å². The molecular formula is C22H22O6. The molecule has 0 aromatic heterocycles. The molecule has 0 unspecified atom stereocenters. The Labute approximate surface area is 163 Å². The summed E-state index contributed by atoms with van der Waals surface area (Å²) >= 11 is 0. The third-order valence-electron chi connectivity index (χ3n) is 4.06. The zero-order chi connectivity index (χ0) is 20.1. The van der Waals surface area contributed by atoms with Crippen LogP contribution >= 0.6 is 0 Å². The standard InChI is InChI=1S/C22H22O6/c1-4-25-16-8-6-15(7-9-16)12-20-21(23)18-11-10-17(13-19(18)28-20)27-14(3)22(24)26-5-2/h6-14H,4-5H2,1-3H3/t14-/m1/s1. The molecule has 0 bridgehead atoms. The van der Waals surface area contributed by atoms with Crippen molar-refractivity contribution in [2.75, 3.05) is 13.2 Å². The summed E-state index contributed by atoms with van der Waals surface area (Å²) in [7, 11) is 0. The first kappa shape index (κ1) is 19.5. The Hall–Kier alpha value is -3.28. The molecule has 1 heterocycles. The fourth-order valence-electron chi connectivity index (χ4n) is 2.73. The molecular weight excluding hydrogens is 360 g/mol. The van der Waals surface area contributed by atoms with Crippen LogP contribution in [-0.4, -0.2) is 31.1 Å². The van der Waals surface area contributed by atoms with Crippen LogP contribution in [0, 0.1) is 0 Å². The van der Waals surface area contributed by atoms with Gasteiger partial charge in [0, 0.05) is 6.07 Å². The topological polar surface area (TPSA) is 71.1 Å². The molecule has 1 atom stereocenters. The fourth-order valence-corrected chi connectivity index (χ4v) is 2.73. The average molecular weight is 382 g/mol. The van der Waals surface area contributed by atoms with E-state index in [4.69, 9.17) is 18.9 Å². The van der Waals surface area contributed by atoms with Crippen molar-refractivity contribution in [3.8, 4) is 17.2 Å². The molecule has 6 heteroatoms. The second-order valence-electron chi connectivity index (χ2n) is 6.11. The second-order valence-corrected chi connectivity index (χ2v) is 6.11. The number of benzene rings is 2. The van der Waals surface area contributed by atoms with Crippen LogP contribution < -0.4 is 14.2 Å². The van der Waals surface area contributed by atoms with Crippen molar-refractivity contribution in [3.63, 3.8) is 0 Å². The van der Waals surface area contributed by atoms with Gasteiger partial charge in [-0.1, -0.05) is 12.1 Å². The average Bonchev–Trinajstić information content (AvgIpc) is 2.98. The summed E-state index contributed by atoms with van der Waals surface area (Å²) in [6, 6.07) is 12.2. The molecule has 146 valence electrons. The van der Waals surface area contributed by atoms with Gasteiger partial charge >= 0.3 is 5.97 Å². The Morgan fingerprint density at radius 2 is 1.79 bits per heavy atom. The van der Waals surface area contributed by atoms with Crippen LogP contribution in [0.5, 0.6) is 17.2 Å². The van der Waals surface area contributed by atoms with Gasteiger partial charge in [0.05, 0.1) is 18.8 Å². The number of carbonyl (C=O) groups excluding carboxylic acids is 2. The van der Waals surface area contributed by atoms with Crippen LogP contribution in [-0.2, 0) is 9.53 Å². The lowest BCUT2D eigenvalue weighted by Crippen LogP contribution is -2.26. The van der Waals surface area contributed by atoms with Gasteiger partial charge in [0.25, 0.3) is 0 Å². The molecule has 0 N–H and O–H groups in total. The SMILES string of the molecule is CCOC(=O)[C@@H](C)Oc1ccc2c(c1)OC(=Cc1ccc(OCC)cc1)C2=O. The number of esters is 1. The number of fused-ring (bicyclic) bond motifs is 1. The van der Waals surface area contributed by atoms with Crippen molar-refractivity contribution >= 4 is 17.8 Å². The van der Waals surface area contributed by atoms with Crippen molar-refractivity contribution in [1.82, 2.24) is 0 Å². The Morgan fingerprint density at radius 1 is 1.07 bits per heavy atom. The third-order valence-corrected chi connectivity index (χ3v) is 4.06. The Morgan fingerprint density at radius 3 is 2.46 bits per heavy atom. The zero-order valence-electron chi connectivity index (χ0n) is 16.1. The van der Waals surface area contributed by atoms with E-state index in [1.165, 1.54) is 0 Å². The second kappa shape index (κ2) is 8.61. The Kier molecular flexibility index (Phi) is 5.99. The highest BCUT2D eigenvalue weighted by molar-refractivity contribution is 6.14. The van der Waals surface area contributed by atoms with Crippen LogP contribution in [0.15, 0.2) is 48.2 Å². The first-order valence-electron chi connectivity index (χ1n) is 9.16. The van der Waals surface area contributed by atoms with Gasteiger partial charge in [-0.05, 0) is 56.7 Å². The van der Waals surface area contributed by atoms with Gasteiger partial charge < -0.3 is 18.9 Å². The van der Waals surface area contributed by atoms with E-state index in [2.05, 4.69) is 0 Å². The predicted molar refractivity (Wildman–Crippen MR) is 104 cm³/mol. The minimum atomic E-state index is -0.756. The minimum absolute atomic E-state index is 0.200. The molecule has 0 saturated heterocycles. The monoisotopic (exact) mass is 382 g/mol. The summed E-state index contributed by atoms with van der Waals surface area (Å²) < 4.78 is 21.6. The smallest absolute Gasteiger partial charge is 0.347 e. The molecule has 0 amide bonds. The molecule has 0 fully saturated rings. The highest BCUT2D eigenvalue weighted by Crippen LogP contribution is 2.35. The summed E-state index contributed by atoms with van der Waals surface area (Å²) in [5.74, 6) is 1.17. The van der Waals surface area contributed by atoms with Crippen molar-refractivity contribution in [1.29, 1.82) is 0 Å². The predicted octanol–water partition coefficient (Wildman–Crippen LogP) is 4.03. The molecule has 2 aromatic carbocycles. The van der Waals surface area contributed by atoms with Gasteiger partial charge in [0.15, 0.2) is 11.9 Å². The Balaban J connectivity index is 1.74. The van der Waals surface area contributed by atoms with Gasteiger partial charge in [0.1, 0.15) is 17.2 Å². The van der Waals surface area contributed by atoms with Crippen molar-refractivity contribution < 1.29 is 28.5 Å². The molecule has 0 saturated carbocycles. The first-order valence-corrected chi connectivity index (χ1v) is 9.16. The van der Waals surface area contributed by atoms with E-state index in [-0.39, 0.29) is 18.1 Å². The van der Waals surface area contributed by atoms with E-state index in [1.807, 2.05) is 31.2 Å². The molecule has 1 aliphatic rings. The maximum Gasteiger partial charge on any atom is 0.347 e. The molecule has 2 aromatic rings. The van der Waals surface area contributed by atoms with Crippen LogP contribution in [0.2, 0.25) is 0 Å². The van der Waals surface area contributed by atoms with Gasteiger partial charge in [-0.15, -0.1) is 0 Å². The largest absolute Gasteiger partial charge is 0.494 e. The van der Waals surface area contributed by atoms with E-state index in [0.29, 0.717) is 23.7 Å². The third kappa shape index (κ3) is 4.34. The quantitative estimate of drug-likeness (QED) is 0.532. The van der Waals surface area contributed by atoms with Crippen molar-refractivity contribution in [2.24, 2.45) is 0 Å². The van der Waals surface area contributed by atoms with Crippen molar-refractivity contribution in [2.45, 2.75) is 26.9 Å². The highest BCUT2D eigenvalue weighted by atomic mass is 16.6. The summed E-state index contributed by atoms with van der Waals surface area (Å²) in [5.41, 5.74) is 1.28. The van der Waals surface area contributed by atoms with Crippen LogP contribution in [0.3, 0.4) is 0 Å². The number of hydrogen-bond donors (Lipinski definition) is 0. The molecule has 0 radical (unpaired) electrons. The molecule has 1 aliphatic heterocycles. The summed E-state index contributed by atoms with van der Waals surface area (Å²) in [6.45, 7) is 6.14. The van der Waals surface area contributed by atoms with E-state index >= 15 is 0 Å². The number of ketones is 1. The number of hydrogen-bond acceptors (Lipinski definition) is 6. The maximum absolute atomic E-state index is 12.6. The van der Waals surface area contributed by atoms with Gasteiger partial charge in [0.2, 0.25) is 5.78 Å². The molecule has 6 nitrogen and oxygen atoms in total. The number of Topliss-reactive ketones (excluding diaryl/α,β-unsaturated/α-hetero) is 1. The van der Waals surface area contributed by atoms with Gasteiger partial charge in [-0.2, -0.15) is 0 Å². The zero-order valence-corrected chi connectivity index (χ0v) is 16.1. The normalized spacial score (nSPS) is 15.0. The van der Waals surface area contributed by atoms with E-state index in [1.54, 1.807) is 38.1 Å². The summed E-state index contributed by atoms with van der Waals surface area (Å²) in [5, 5.41) is 0. The fraction of sp³-hybridized carbons (Fsp3) is 0.273. The van der Waals surface area contributed by atoms with Crippen LogP contribution in [0.25, 0.3) is 6.08 Å². The highest BCUT2D eigenvalue weighted by Gasteiger charge is 2.28. The van der Waals surface area contributed by atoms with E-state index in [9.17, 15) is 9.59 Å². The summed E-state index contributed by atoms with van der Waals surface area (Å²) in [4.78, 5) is 24.3. The minimum Gasteiger partial charge on any atom is -0.494 e. The van der Waals surface area contributed by atoms with Gasteiger partial charge in [-0.25, -0.2) is 4.79 Å². The Bertz CT molecular complexity index is 898. The van der Waals surface area contributed by atoms with E-state index in [0.717, 1.165) is 11.3 Å². The number of ether oxygens (including phenoxy) is 4. The lowest BCUT2D eigenvalue weighted by molar-refractivity contribution is -0.150. The lowest BCUT2D eigenvalue weighted by atomic mass is 10.1. The number of carbonyl (C=O) groups is 2. The molecule has 3 rings (SSSR count). The maximum atomic E-state index is 12.6. The molecule has 0 spiro atoms. The van der Waals surface area contributed by atoms with Crippen LogP contribution in [0.4, 0.5) is 0 Å². The van der Waals surface area contributed by atoms with Crippen LogP contribution in [0.1, 0.15) is 36.7 Å². The number of rotatable bonds is 7.